The molecule has 0 aliphatic carbocycles. The first kappa shape index (κ1) is 80.5. The molecule has 34 heteroatoms. The molecule has 14 nitrogen and oxygen atoms in total. The van der Waals surface area contributed by atoms with E-state index in [1.54, 1.807) is 0 Å². The molecule has 570 valence electrons. The lowest BCUT2D eigenvalue weighted by atomic mass is 9.97. The van der Waals surface area contributed by atoms with Crippen LogP contribution in [-0.2, 0) is 37.1 Å². The van der Waals surface area contributed by atoms with Gasteiger partial charge >= 0.3 is 37.1 Å². The number of benzene rings is 2. The lowest BCUT2D eigenvalue weighted by molar-refractivity contribution is -0.138. The van der Waals surface area contributed by atoms with Crippen LogP contribution in [-0.4, -0.2) is 134 Å². The number of carbonyl (C=O) groups is 2. The monoisotopic (exact) mass is 1520 g/mol. The number of anilines is 1. The number of halogens is 20. The third-order valence-electron chi connectivity index (χ3n) is 19.6. The second-order valence-corrected chi connectivity index (χ2v) is 26.9. The average molecular weight is 1520 g/mol. The molecule has 2 aromatic carbocycles. The number of ether oxygens (including phenoxy) is 3. The van der Waals surface area contributed by atoms with Crippen LogP contribution in [0.2, 0.25) is 5.15 Å². The van der Waals surface area contributed by atoms with Crippen molar-refractivity contribution in [2.45, 2.75) is 213 Å². The second kappa shape index (κ2) is 33.4. The van der Waals surface area contributed by atoms with Gasteiger partial charge in [-0.25, -0.2) is 24.3 Å². The van der Waals surface area contributed by atoms with Crippen molar-refractivity contribution in [2.24, 2.45) is 0 Å². The normalized spacial score (nSPS) is 25.7. The van der Waals surface area contributed by atoms with Crippen molar-refractivity contribution in [3.63, 3.8) is 0 Å². The van der Waals surface area contributed by atoms with E-state index in [2.05, 4.69) is 49.1 Å². The maximum Gasteiger partial charge on any atom is 0.417 e. The van der Waals surface area contributed by atoms with E-state index in [0.29, 0.717) is 85.5 Å². The lowest BCUT2D eigenvalue weighted by Crippen LogP contribution is -2.47. The van der Waals surface area contributed by atoms with Gasteiger partial charge in [-0.3, -0.25) is 9.59 Å². The number of hydrogen-bond acceptors (Lipinski definition) is 14. The van der Waals surface area contributed by atoms with Crippen molar-refractivity contribution >= 4 is 29.9 Å². The van der Waals surface area contributed by atoms with E-state index in [9.17, 15) is 98.1 Å². The molecular weight excluding hydrogens is 1450 g/mol. The molecule has 2 N–H and O–H groups in total. The zero-order valence-electron chi connectivity index (χ0n) is 55.5. The van der Waals surface area contributed by atoms with E-state index < -0.39 is 81.8 Å². The van der Waals surface area contributed by atoms with Gasteiger partial charge in [-0.1, -0.05) is 11.6 Å². The number of rotatable bonds is 9. The summed E-state index contributed by atoms with van der Waals surface area (Å²) in [5.41, 5.74) is -5.20. The van der Waals surface area contributed by atoms with Crippen LogP contribution in [0.5, 0.6) is 17.6 Å². The molecule has 4 aromatic heterocycles. The summed E-state index contributed by atoms with van der Waals surface area (Å²) >= 11 is 5.28. The van der Waals surface area contributed by atoms with Gasteiger partial charge in [0.05, 0.1) is 45.0 Å². The smallest absolute Gasteiger partial charge is 0.417 e. The van der Waals surface area contributed by atoms with Gasteiger partial charge in [0.25, 0.3) is 0 Å². The van der Waals surface area contributed by atoms with Crippen LogP contribution >= 0.6 is 11.6 Å². The molecular formula is C70H74ClF19N8O6. The van der Waals surface area contributed by atoms with E-state index >= 15 is 0 Å². The lowest BCUT2D eigenvalue weighted by Gasteiger charge is -2.41. The topological polar surface area (TPSA) is 155 Å². The maximum absolute atomic E-state index is 13.0. The summed E-state index contributed by atoms with van der Waals surface area (Å²) in [7, 11) is 4.32. The number of alkyl halides is 18. The fourth-order valence-electron chi connectivity index (χ4n) is 14.3. The molecule has 12 heterocycles. The summed E-state index contributed by atoms with van der Waals surface area (Å²) in [4.78, 5) is 42.9. The molecule has 0 amide bonds. The summed E-state index contributed by atoms with van der Waals surface area (Å²) in [6.07, 6.45) is -7.64. The fraction of sp³-hybridized carbons (Fsp3) is 0.514. The number of aliphatic hydroxyl groups excluding tert-OH is 1. The molecule has 8 saturated heterocycles. The Hall–Kier alpha value is -7.62. The van der Waals surface area contributed by atoms with Crippen LogP contribution in [0.15, 0.2) is 110 Å². The zero-order valence-corrected chi connectivity index (χ0v) is 56.2. The Kier molecular flexibility index (Phi) is 25.9. The number of aromatic nitrogens is 4. The van der Waals surface area contributed by atoms with Crippen molar-refractivity contribution in [3.05, 3.63) is 165 Å². The molecule has 8 fully saturated rings. The van der Waals surface area contributed by atoms with Crippen LogP contribution in [0.3, 0.4) is 0 Å². The maximum atomic E-state index is 13.0. The van der Waals surface area contributed by atoms with Gasteiger partial charge < -0.3 is 39.3 Å². The number of nitrogens with zero attached hydrogens (tertiary/aromatic N) is 7. The zero-order chi connectivity index (χ0) is 75.9. The van der Waals surface area contributed by atoms with Crippen LogP contribution < -0.4 is 24.4 Å². The highest BCUT2D eigenvalue weighted by Gasteiger charge is 2.45. The van der Waals surface area contributed by atoms with E-state index in [1.807, 2.05) is 4.90 Å². The van der Waals surface area contributed by atoms with E-state index in [-0.39, 0.29) is 72.6 Å². The van der Waals surface area contributed by atoms with Crippen molar-refractivity contribution in [1.82, 2.24) is 35.1 Å². The van der Waals surface area contributed by atoms with Crippen molar-refractivity contribution in [2.75, 3.05) is 19.0 Å². The van der Waals surface area contributed by atoms with E-state index in [0.717, 1.165) is 125 Å². The largest absolute Gasteiger partial charge is 0.474 e. The quantitative estimate of drug-likeness (QED) is 0.0801. The Balaban J connectivity index is 0.000000166. The summed E-state index contributed by atoms with van der Waals surface area (Å²) in [6, 6.07) is 16.9. The number of pyridine rings is 4. The van der Waals surface area contributed by atoms with Gasteiger partial charge in [-0.15, -0.1) is 0 Å². The minimum Gasteiger partial charge on any atom is -0.474 e. The molecule has 12 atom stereocenters. The Morgan fingerprint density at radius 2 is 0.740 bits per heavy atom. The minimum absolute atomic E-state index is 0. The van der Waals surface area contributed by atoms with Gasteiger partial charge in [0.1, 0.15) is 29.3 Å². The first-order valence-electron chi connectivity index (χ1n) is 33.1. The van der Waals surface area contributed by atoms with Gasteiger partial charge in [0.2, 0.25) is 17.6 Å². The number of aldehydes is 2. The molecule has 8 aliphatic rings. The number of nitrogens with one attached hydrogen (secondary N) is 1. The van der Waals surface area contributed by atoms with Crippen LogP contribution in [0, 0.1) is 5.82 Å². The third-order valence-corrected chi connectivity index (χ3v) is 19.8. The molecule has 8 aliphatic heterocycles. The second-order valence-electron chi connectivity index (χ2n) is 26.5. The number of hydrogen-bond donors (Lipinski definition) is 2. The first-order valence-corrected chi connectivity index (χ1v) is 33.5. The Bertz CT molecular complexity index is 3730. The summed E-state index contributed by atoms with van der Waals surface area (Å²) in [5, 5.41) is 12.9. The Morgan fingerprint density at radius 1 is 0.423 bits per heavy atom. The fourth-order valence-corrected chi connectivity index (χ4v) is 14.4. The number of piperidine rings is 4. The van der Waals surface area contributed by atoms with Crippen LogP contribution in [0.25, 0.3) is 0 Å². The van der Waals surface area contributed by atoms with Crippen molar-refractivity contribution < 1.29 is 114 Å². The van der Waals surface area contributed by atoms with Gasteiger partial charge in [0, 0.05) is 117 Å². The number of aliphatic hydroxyl groups is 1. The van der Waals surface area contributed by atoms with E-state index in [1.165, 1.54) is 49.9 Å². The SMILES string of the molecule is CN1[C@@H]2CC[C@H]1CC(O)C2.CN1[C@@H]2CC[C@H]1CC(Oc1ccc(C(F)(F)F)cn1)C2.FC(F)(F)c1ccc(Cl)nc1.FC(F)(F)c1ccc(OC2C[C@H]3CC[C@@H](C2)N3)nc1.O=Cc1cc(C(F)(F)F)ccc1F.O=Cc1cc(C(F)(F)F)ccc1N1[C@@H]2CC[C@H]1CC(Oc1ccc(C(F)(F)F)cn1)C2.[HH]. The van der Waals surface area contributed by atoms with Crippen LogP contribution in [0.4, 0.5) is 89.1 Å². The molecule has 8 bridgehead atoms. The molecule has 0 saturated carbocycles. The minimum atomic E-state index is -4.55. The molecule has 6 aromatic rings. The van der Waals surface area contributed by atoms with Crippen molar-refractivity contribution in [3.8, 4) is 17.6 Å². The predicted octanol–water partition coefficient (Wildman–Crippen LogP) is 17.6. The third kappa shape index (κ3) is 21.8. The predicted molar refractivity (Wildman–Crippen MR) is 342 cm³/mol. The molecule has 0 spiro atoms. The molecule has 0 radical (unpaired) electrons. The summed E-state index contributed by atoms with van der Waals surface area (Å²) < 4.78 is 253. The molecule has 14 rings (SSSR count). The number of fused-ring (bicyclic) bond motifs is 8. The summed E-state index contributed by atoms with van der Waals surface area (Å²) in [6.45, 7) is 0. The van der Waals surface area contributed by atoms with Crippen molar-refractivity contribution in [1.29, 1.82) is 0 Å². The van der Waals surface area contributed by atoms with Crippen LogP contribution in [0.1, 0.15) is 158 Å². The van der Waals surface area contributed by atoms with E-state index in [4.69, 9.17) is 25.8 Å². The highest BCUT2D eigenvalue weighted by atomic mass is 35.5. The highest BCUT2D eigenvalue weighted by molar-refractivity contribution is 6.29. The Morgan fingerprint density at radius 3 is 1.09 bits per heavy atom. The first-order chi connectivity index (χ1) is 48.7. The molecule has 104 heavy (non-hydrogen) atoms. The van der Waals surface area contributed by atoms with Gasteiger partial charge in [0.15, 0.2) is 12.6 Å². The highest BCUT2D eigenvalue weighted by Crippen LogP contribution is 2.44. The standard InChI is InChI=1S/C21H18F6N2O2.C14H17F3N2O.C13H15F3N2O.C8H4F4O.C8H15NO.C6H3ClF3N.H2/c22-20(23,24)13-1-5-18(12(7-13)11-30)29-15-3-4-16(29)9-17(8-15)31-19-6-2-14(10-28-19)21(25,26)27;1-19-10-3-4-11(19)7-12(6-10)20-13-5-2-9(8-18-13)14(15,16)17;14-13(15,16)8-1-4-12(17-7-8)19-11-5-9-2-3-10(6-11)18-9;9-7-2-1-6(8(10,11)12)3-5(7)4-13;1-9-6-2-3-7(9)5-8(10)4-6;7-5-2-1-4(3-11-5)6(8,9)10;/h1-2,5-7,10-11,15-17H,3-4,8-9H2;2,5,8,10-12H,3-4,6-7H2,1H3;1,4,7,9-11,18H,2-3,5-6H2;1-4H;6-8,10H,2-5H2,1H3;1-3H;1H/t15-,16+,17?;10-,11+,12?;9-,10+,11?;;6-,7+,8?;;. The summed E-state index contributed by atoms with van der Waals surface area (Å²) in [5.74, 6) is -0.303. The average Bonchev–Trinajstić information content (AvgIpc) is 1.64. The van der Waals surface area contributed by atoms with Gasteiger partial charge in [-0.2, -0.15) is 79.0 Å². The molecule has 4 unspecified atom stereocenters. The van der Waals surface area contributed by atoms with Gasteiger partial charge in [-0.05, 0) is 171 Å². The Labute approximate surface area is 591 Å². The number of carbonyl (C=O) groups excluding carboxylic acids is 2.